The summed E-state index contributed by atoms with van der Waals surface area (Å²) in [5, 5.41) is 3.09. The number of hydrogen-bond acceptors (Lipinski definition) is 7. The zero-order valence-electron chi connectivity index (χ0n) is 19.6. The van der Waals surface area contributed by atoms with Gasteiger partial charge >= 0.3 is 4.87 Å². The van der Waals surface area contributed by atoms with Crippen molar-refractivity contribution in [2.24, 2.45) is 5.92 Å². The van der Waals surface area contributed by atoms with Gasteiger partial charge in [0.25, 0.3) is 0 Å². The van der Waals surface area contributed by atoms with Gasteiger partial charge in [-0.3, -0.25) is 28.7 Å². The van der Waals surface area contributed by atoms with Crippen molar-refractivity contribution in [2.45, 2.75) is 22.7 Å². The molecule has 4 aromatic rings. The molecule has 2 aliphatic heterocycles. The number of thiazole rings is 1. The lowest BCUT2D eigenvalue weighted by Crippen LogP contribution is -2.33. The van der Waals surface area contributed by atoms with Crippen LogP contribution in [0.25, 0.3) is 0 Å². The summed E-state index contributed by atoms with van der Waals surface area (Å²) in [6.07, 6.45) is 3.29. The number of anilines is 2. The summed E-state index contributed by atoms with van der Waals surface area (Å²) in [5.41, 5.74) is 1.79. The van der Waals surface area contributed by atoms with E-state index in [1.165, 1.54) is 21.2 Å². The summed E-state index contributed by atoms with van der Waals surface area (Å²) >= 11 is 8.10. The van der Waals surface area contributed by atoms with E-state index in [0.29, 0.717) is 26.3 Å². The maximum Gasteiger partial charge on any atom is 0.308 e. The van der Waals surface area contributed by atoms with Gasteiger partial charge in [-0.15, -0.1) is 0 Å². The highest BCUT2D eigenvalue weighted by atomic mass is 35.5. The van der Waals surface area contributed by atoms with Crippen molar-refractivity contribution in [1.29, 1.82) is 0 Å². The molecule has 1 N–H and O–H groups in total. The highest BCUT2D eigenvalue weighted by Gasteiger charge is 2.56. The molecule has 11 heteroatoms. The molecule has 2 unspecified atom stereocenters. The average Bonchev–Trinajstić information content (AvgIpc) is 3.37. The molecule has 190 valence electrons. The van der Waals surface area contributed by atoms with Crippen LogP contribution in [0.1, 0.15) is 16.4 Å². The second kappa shape index (κ2) is 9.86. The number of carbonyl (C=O) groups is 3. The van der Waals surface area contributed by atoms with E-state index in [1.807, 2.05) is 12.1 Å². The van der Waals surface area contributed by atoms with E-state index in [9.17, 15) is 19.2 Å². The number of carbonyl (C=O) groups excluding carboxylic acids is 3. The highest BCUT2D eigenvalue weighted by Crippen LogP contribution is 2.53. The lowest BCUT2D eigenvalue weighted by molar-refractivity contribution is -0.122. The fourth-order valence-electron chi connectivity index (χ4n) is 4.88. The van der Waals surface area contributed by atoms with Crippen LogP contribution in [0.3, 0.4) is 0 Å². The number of pyridine rings is 1. The van der Waals surface area contributed by atoms with Gasteiger partial charge in [-0.05, 0) is 48.0 Å². The van der Waals surface area contributed by atoms with Crippen molar-refractivity contribution in [2.75, 3.05) is 10.2 Å². The molecule has 2 aliphatic rings. The number of hydrogen-bond donors (Lipinski definition) is 1. The molecule has 0 bridgehead atoms. The summed E-state index contributed by atoms with van der Waals surface area (Å²) in [5.74, 6) is -2.31. The Bertz CT molecular complexity index is 1610. The molecule has 6 rings (SSSR count). The predicted octanol–water partition coefficient (Wildman–Crippen LogP) is 4.39. The Hall–Kier alpha value is -3.73. The molecule has 38 heavy (non-hydrogen) atoms. The summed E-state index contributed by atoms with van der Waals surface area (Å²) in [7, 11) is 0. The first-order chi connectivity index (χ1) is 18.4. The summed E-state index contributed by atoms with van der Waals surface area (Å²) < 4.78 is 1.39. The third-order valence-corrected chi connectivity index (χ3v) is 9.39. The number of halogens is 1. The molecular weight excluding hydrogens is 544 g/mol. The van der Waals surface area contributed by atoms with E-state index in [4.69, 9.17) is 11.6 Å². The van der Waals surface area contributed by atoms with Crippen molar-refractivity contribution in [3.8, 4) is 0 Å². The topological polar surface area (TPSA) is 101 Å². The van der Waals surface area contributed by atoms with E-state index < -0.39 is 23.0 Å². The van der Waals surface area contributed by atoms with Gasteiger partial charge < -0.3 is 5.32 Å². The minimum Gasteiger partial charge on any atom is -0.325 e. The van der Waals surface area contributed by atoms with Crippen LogP contribution in [-0.4, -0.2) is 32.5 Å². The van der Waals surface area contributed by atoms with Crippen LogP contribution in [0, 0.1) is 5.92 Å². The van der Waals surface area contributed by atoms with Crippen molar-refractivity contribution in [3.05, 3.63) is 104 Å². The third-order valence-electron chi connectivity index (χ3n) is 6.54. The number of benzene rings is 2. The number of amides is 3. The molecule has 0 radical (unpaired) electrons. The fraction of sp³-hybridized carbons (Fsp3) is 0.148. The van der Waals surface area contributed by atoms with Gasteiger partial charge in [-0.25, -0.2) is 4.90 Å². The minimum atomic E-state index is -0.750. The standard InChI is InChI=1S/C27H19ClN4O4S2/c28-16-8-10-17(11-9-16)30-19(33)14-31-26-23(38-27(31)36)20(15-5-4-12-29-13-15)21-22(37-26)25(35)32(24(21)34)18-6-2-1-3-7-18/h1-13,20-22H,14H2,(H,30,33)/t20-,21?,22?/m1/s1. The van der Waals surface area contributed by atoms with E-state index in [0.717, 1.165) is 16.9 Å². The van der Waals surface area contributed by atoms with Crippen molar-refractivity contribution in [1.82, 2.24) is 9.55 Å². The molecule has 2 aromatic carbocycles. The van der Waals surface area contributed by atoms with Crippen LogP contribution in [-0.2, 0) is 20.9 Å². The summed E-state index contributed by atoms with van der Waals surface area (Å²) in [6.45, 7) is -0.234. The van der Waals surface area contributed by atoms with E-state index in [-0.39, 0.29) is 23.2 Å². The Kier molecular flexibility index (Phi) is 6.38. The van der Waals surface area contributed by atoms with Gasteiger partial charge in [0.15, 0.2) is 0 Å². The van der Waals surface area contributed by atoms with Crippen LogP contribution in [0.2, 0.25) is 5.02 Å². The summed E-state index contributed by atoms with van der Waals surface area (Å²) in [6, 6.07) is 19.1. The normalized spacial score (nSPS) is 20.2. The average molecular weight is 563 g/mol. The van der Waals surface area contributed by atoms with Crippen LogP contribution in [0.4, 0.5) is 11.4 Å². The quantitative estimate of drug-likeness (QED) is 0.362. The lowest BCUT2D eigenvalue weighted by Gasteiger charge is -2.30. The number of aromatic nitrogens is 2. The molecule has 0 spiro atoms. The maximum absolute atomic E-state index is 13.8. The zero-order chi connectivity index (χ0) is 26.4. The number of nitrogens with one attached hydrogen (secondary N) is 1. The largest absolute Gasteiger partial charge is 0.325 e. The molecule has 2 aromatic heterocycles. The maximum atomic E-state index is 13.8. The summed E-state index contributed by atoms with van der Waals surface area (Å²) in [4.78, 5) is 59.2. The molecular formula is C27H19ClN4O4S2. The van der Waals surface area contributed by atoms with Crippen LogP contribution in [0.15, 0.2) is 88.9 Å². The highest BCUT2D eigenvalue weighted by molar-refractivity contribution is 8.00. The van der Waals surface area contributed by atoms with Gasteiger partial charge in [0.2, 0.25) is 17.7 Å². The second-order valence-electron chi connectivity index (χ2n) is 8.85. The molecule has 0 aliphatic carbocycles. The molecule has 1 saturated heterocycles. The van der Waals surface area contributed by atoms with Gasteiger partial charge in [-0.2, -0.15) is 0 Å². The Labute approximate surface area is 230 Å². The first-order valence-corrected chi connectivity index (χ1v) is 13.8. The fourth-order valence-corrected chi connectivity index (χ4v) is 7.78. The van der Waals surface area contributed by atoms with Crippen LogP contribution in [0.5, 0.6) is 0 Å². The smallest absolute Gasteiger partial charge is 0.308 e. The van der Waals surface area contributed by atoms with Gasteiger partial charge in [0.05, 0.1) is 16.6 Å². The number of imide groups is 1. The third kappa shape index (κ3) is 4.24. The number of nitrogens with zero attached hydrogens (tertiary/aromatic N) is 3. The van der Waals surface area contributed by atoms with Crippen molar-refractivity contribution < 1.29 is 14.4 Å². The Morgan fingerprint density at radius 3 is 2.45 bits per heavy atom. The molecule has 0 saturated carbocycles. The van der Waals surface area contributed by atoms with Gasteiger partial charge in [0, 0.05) is 33.9 Å². The first kappa shape index (κ1) is 24.6. The van der Waals surface area contributed by atoms with Crippen molar-refractivity contribution >= 4 is 63.8 Å². The lowest BCUT2D eigenvalue weighted by atomic mass is 9.84. The number of fused-ring (bicyclic) bond motifs is 2. The molecule has 3 atom stereocenters. The molecule has 4 heterocycles. The van der Waals surface area contributed by atoms with Gasteiger partial charge in [0.1, 0.15) is 11.8 Å². The van der Waals surface area contributed by atoms with Crippen LogP contribution >= 0.6 is 34.7 Å². The monoisotopic (exact) mass is 562 g/mol. The number of thioether (sulfide) groups is 1. The Morgan fingerprint density at radius 1 is 0.974 bits per heavy atom. The predicted molar refractivity (Wildman–Crippen MR) is 147 cm³/mol. The SMILES string of the molecule is O=C(Cn1c2c(sc1=O)[C@H](c1cccnc1)C1C(=O)N(c3ccccc3)C(=O)C1S2)Nc1ccc(Cl)cc1. The van der Waals surface area contributed by atoms with Crippen molar-refractivity contribution in [3.63, 3.8) is 0 Å². The number of rotatable bonds is 5. The van der Waals surface area contributed by atoms with Gasteiger partial charge in [-0.1, -0.05) is 59.0 Å². The second-order valence-corrected chi connectivity index (χ2v) is 11.4. The molecule has 3 amide bonds. The van der Waals surface area contributed by atoms with E-state index >= 15 is 0 Å². The zero-order valence-corrected chi connectivity index (χ0v) is 22.0. The van der Waals surface area contributed by atoms with E-state index in [1.54, 1.807) is 67.0 Å². The Morgan fingerprint density at radius 2 is 1.74 bits per heavy atom. The number of para-hydroxylation sites is 1. The van der Waals surface area contributed by atoms with E-state index in [2.05, 4.69) is 10.3 Å². The molecule has 8 nitrogen and oxygen atoms in total. The Balaban J connectivity index is 1.40. The minimum absolute atomic E-state index is 0.234. The molecule has 1 fully saturated rings. The first-order valence-electron chi connectivity index (χ1n) is 11.7. The van der Waals surface area contributed by atoms with Crippen LogP contribution < -0.4 is 15.1 Å².